The van der Waals surface area contributed by atoms with Gasteiger partial charge in [-0.3, -0.25) is 10.1 Å². The molecule has 0 fully saturated rings. The van der Waals surface area contributed by atoms with E-state index in [2.05, 4.69) is 10.3 Å². The standard InChI is InChI=1S/C13H10N2O2S/c1-8-11(9-4-2-3-5-10(9)17-8)12(16)15-13-14-6-7-18-13/h2-7H,1H3,(H,14,15,16). The van der Waals surface area contributed by atoms with Gasteiger partial charge in [-0.25, -0.2) is 4.98 Å². The van der Waals surface area contributed by atoms with Crippen LogP contribution in [0.25, 0.3) is 11.0 Å². The Kier molecular flexibility index (Phi) is 2.60. The molecular weight excluding hydrogens is 248 g/mol. The van der Waals surface area contributed by atoms with Crippen LogP contribution in [0.5, 0.6) is 0 Å². The lowest BCUT2D eigenvalue weighted by Gasteiger charge is -2.00. The van der Waals surface area contributed by atoms with Gasteiger partial charge in [-0.2, -0.15) is 0 Å². The highest BCUT2D eigenvalue weighted by molar-refractivity contribution is 7.13. The van der Waals surface area contributed by atoms with Gasteiger partial charge in [-0.05, 0) is 13.0 Å². The first-order chi connectivity index (χ1) is 8.75. The summed E-state index contributed by atoms with van der Waals surface area (Å²) in [6, 6.07) is 7.50. The van der Waals surface area contributed by atoms with Crippen molar-refractivity contribution in [3.8, 4) is 0 Å². The molecule has 2 aromatic heterocycles. The van der Waals surface area contributed by atoms with Gasteiger partial charge in [0.1, 0.15) is 11.3 Å². The Morgan fingerprint density at radius 2 is 2.22 bits per heavy atom. The summed E-state index contributed by atoms with van der Waals surface area (Å²) in [6.45, 7) is 1.79. The second-order valence-electron chi connectivity index (χ2n) is 3.82. The number of hydrogen-bond donors (Lipinski definition) is 1. The van der Waals surface area contributed by atoms with Gasteiger partial charge in [-0.1, -0.05) is 18.2 Å². The Morgan fingerprint density at radius 3 is 3.00 bits per heavy atom. The van der Waals surface area contributed by atoms with Gasteiger partial charge in [0.2, 0.25) is 0 Å². The Bertz CT molecular complexity index is 701. The maximum atomic E-state index is 12.2. The lowest BCUT2D eigenvalue weighted by molar-refractivity contribution is 0.102. The first-order valence-electron chi connectivity index (χ1n) is 5.44. The Hall–Kier alpha value is -2.14. The van der Waals surface area contributed by atoms with Crippen LogP contribution in [0.1, 0.15) is 16.1 Å². The number of carbonyl (C=O) groups is 1. The number of carbonyl (C=O) groups excluding carboxylic acids is 1. The van der Waals surface area contributed by atoms with Crippen molar-refractivity contribution in [2.75, 3.05) is 5.32 Å². The lowest BCUT2D eigenvalue weighted by atomic mass is 10.1. The molecule has 0 unspecified atom stereocenters. The molecule has 3 aromatic rings. The lowest BCUT2D eigenvalue weighted by Crippen LogP contribution is -2.12. The zero-order valence-electron chi connectivity index (χ0n) is 9.64. The van der Waals surface area contributed by atoms with E-state index in [0.717, 1.165) is 11.0 Å². The molecule has 0 spiro atoms. The molecule has 0 aliphatic heterocycles. The predicted octanol–water partition coefficient (Wildman–Crippen LogP) is 3.45. The fourth-order valence-corrected chi connectivity index (χ4v) is 2.42. The number of hydrogen-bond acceptors (Lipinski definition) is 4. The molecular formula is C13H10N2O2S. The predicted molar refractivity (Wildman–Crippen MR) is 71.0 cm³/mol. The molecule has 0 saturated carbocycles. The SMILES string of the molecule is Cc1oc2ccccc2c1C(=O)Nc1nccs1. The van der Waals surface area contributed by atoms with E-state index in [1.165, 1.54) is 11.3 Å². The summed E-state index contributed by atoms with van der Waals surface area (Å²) in [4.78, 5) is 16.2. The van der Waals surface area contributed by atoms with Crippen LogP contribution >= 0.6 is 11.3 Å². The minimum atomic E-state index is -0.188. The molecule has 0 atom stereocenters. The van der Waals surface area contributed by atoms with Crippen molar-refractivity contribution in [2.24, 2.45) is 0 Å². The molecule has 90 valence electrons. The number of furan rings is 1. The smallest absolute Gasteiger partial charge is 0.261 e. The number of benzene rings is 1. The molecule has 1 N–H and O–H groups in total. The maximum Gasteiger partial charge on any atom is 0.261 e. The fourth-order valence-electron chi connectivity index (χ4n) is 1.89. The Morgan fingerprint density at radius 1 is 1.39 bits per heavy atom. The van der Waals surface area contributed by atoms with Crippen molar-refractivity contribution >= 4 is 33.3 Å². The van der Waals surface area contributed by atoms with Crippen molar-refractivity contribution in [1.29, 1.82) is 0 Å². The summed E-state index contributed by atoms with van der Waals surface area (Å²) in [7, 11) is 0. The molecule has 18 heavy (non-hydrogen) atoms. The summed E-state index contributed by atoms with van der Waals surface area (Å²) in [5, 5.41) is 5.99. The van der Waals surface area contributed by atoms with Crippen LogP contribution in [0, 0.1) is 6.92 Å². The molecule has 1 aromatic carbocycles. The highest BCUT2D eigenvalue weighted by atomic mass is 32.1. The van der Waals surface area contributed by atoms with Gasteiger partial charge in [0.05, 0.1) is 5.56 Å². The summed E-state index contributed by atoms with van der Waals surface area (Å²) >= 11 is 1.39. The Labute approximate surface area is 107 Å². The molecule has 0 aliphatic carbocycles. The van der Waals surface area contributed by atoms with Crippen molar-refractivity contribution in [3.05, 3.63) is 47.2 Å². The van der Waals surface area contributed by atoms with Crippen molar-refractivity contribution < 1.29 is 9.21 Å². The van der Waals surface area contributed by atoms with Crippen LogP contribution in [0.3, 0.4) is 0 Å². The summed E-state index contributed by atoms with van der Waals surface area (Å²) < 4.78 is 5.56. The third-order valence-corrected chi connectivity index (χ3v) is 3.34. The number of anilines is 1. The zero-order chi connectivity index (χ0) is 12.5. The molecule has 5 heteroatoms. The zero-order valence-corrected chi connectivity index (χ0v) is 10.5. The van der Waals surface area contributed by atoms with Gasteiger partial charge < -0.3 is 4.42 Å². The molecule has 2 heterocycles. The van der Waals surface area contributed by atoms with Crippen molar-refractivity contribution in [1.82, 2.24) is 4.98 Å². The number of para-hydroxylation sites is 1. The second kappa shape index (κ2) is 4.27. The summed E-state index contributed by atoms with van der Waals surface area (Å²) in [5.41, 5.74) is 1.29. The number of aromatic nitrogens is 1. The second-order valence-corrected chi connectivity index (χ2v) is 4.72. The highest BCUT2D eigenvalue weighted by Crippen LogP contribution is 2.26. The molecule has 0 bridgehead atoms. The largest absolute Gasteiger partial charge is 0.461 e. The van der Waals surface area contributed by atoms with Crippen molar-refractivity contribution in [3.63, 3.8) is 0 Å². The molecule has 1 amide bonds. The fraction of sp³-hybridized carbons (Fsp3) is 0.0769. The maximum absolute atomic E-state index is 12.2. The van der Waals surface area contributed by atoms with Gasteiger partial charge in [0, 0.05) is 17.0 Å². The van der Waals surface area contributed by atoms with Gasteiger partial charge >= 0.3 is 0 Å². The first kappa shape index (κ1) is 11.0. The number of amides is 1. The number of nitrogens with zero attached hydrogens (tertiary/aromatic N) is 1. The van der Waals surface area contributed by atoms with Crippen LogP contribution < -0.4 is 5.32 Å². The van der Waals surface area contributed by atoms with Crippen LogP contribution in [0.15, 0.2) is 40.3 Å². The van der Waals surface area contributed by atoms with Gasteiger partial charge in [0.15, 0.2) is 5.13 Å². The van der Waals surface area contributed by atoms with Crippen molar-refractivity contribution in [2.45, 2.75) is 6.92 Å². The van der Waals surface area contributed by atoms with E-state index >= 15 is 0 Å². The third kappa shape index (κ3) is 1.78. The van der Waals surface area contributed by atoms with Crippen LogP contribution in [0.2, 0.25) is 0 Å². The van der Waals surface area contributed by atoms with Crippen LogP contribution in [-0.4, -0.2) is 10.9 Å². The number of thiazole rings is 1. The minimum absolute atomic E-state index is 0.188. The van der Waals surface area contributed by atoms with Gasteiger partial charge in [0.25, 0.3) is 5.91 Å². The first-order valence-corrected chi connectivity index (χ1v) is 6.32. The molecule has 0 aliphatic rings. The molecule has 4 nitrogen and oxygen atoms in total. The number of rotatable bonds is 2. The minimum Gasteiger partial charge on any atom is -0.461 e. The number of fused-ring (bicyclic) bond motifs is 1. The van der Waals surface area contributed by atoms with E-state index in [9.17, 15) is 4.79 Å². The number of aryl methyl sites for hydroxylation is 1. The monoisotopic (exact) mass is 258 g/mol. The van der Waals surface area contributed by atoms with E-state index in [1.54, 1.807) is 13.1 Å². The Balaban J connectivity index is 2.03. The van der Waals surface area contributed by atoms with Gasteiger partial charge in [-0.15, -0.1) is 11.3 Å². The normalized spacial score (nSPS) is 10.7. The molecule has 3 rings (SSSR count). The van der Waals surface area contributed by atoms with E-state index in [1.807, 2.05) is 29.6 Å². The average Bonchev–Trinajstić information content (AvgIpc) is 2.94. The van der Waals surface area contributed by atoms with E-state index < -0.39 is 0 Å². The third-order valence-electron chi connectivity index (χ3n) is 2.65. The number of nitrogens with one attached hydrogen (secondary N) is 1. The topological polar surface area (TPSA) is 55.1 Å². The van der Waals surface area contributed by atoms with E-state index in [0.29, 0.717) is 16.5 Å². The van der Waals surface area contributed by atoms with E-state index in [4.69, 9.17) is 4.42 Å². The highest BCUT2D eigenvalue weighted by Gasteiger charge is 2.18. The summed E-state index contributed by atoms with van der Waals surface area (Å²) in [5.74, 6) is 0.428. The quantitative estimate of drug-likeness (QED) is 0.766. The van der Waals surface area contributed by atoms with Crippen LogP contribution in [-0.2, 0) is 0 Å². The molecule has 0 saturated heterocycles. The summed E-state index contributed by atoms with van der Waals surface area (Å²) in [6.07, 6.45) is 1.65. The molecule has 0 radical (unpaired) electrons. The van der Waals surface area contributed by atoms with E-state index in [-0.39, 0.29) is 5.91 Å². The van der Waals surface area contributed by atoms with Crippen LogP contribution in [0.4, 0.5) is 5.13 Å². The average molecular weight is 258 g/mol.